The van der Waals surface area contributed by atoms with Gasteiger partial charge in [0.25, 0.3) is 0 Å². The molecule has 0 radical (unpaired) electrons. The van der Waals surface area contributed by atoms with Gasteiger partial charge < -0.3 is 15.8 Å². The molecule has 0 saturated carbocycles. The number of nitrogens with one attached hydrogen (secondary N) is 1. The molecular formula is C21H34N5O2+. The van der Waals surface area contributed by atoms with E-state index in [0.29, 0.717) is 35.8 Å². The number of nitrogen functional groups attached to an aromatic ring is 1. The number of carbonyl (C=O) groups excluding carboxylic acids is 1. The van der Waals surface area contributed by atoms with Gasteiger partial charge in [-0.2, -0.15) is 4.99 Å². The van der Waals surface area contributed by atoms with Crippen LogP contribution < -0.4 is 15.5 Å². The van der Waals surface area contributed by atoms with E-state index < -0.39 is 0 Å². The fraction of sp³-hybridized carbons (Fsp3) is 0.667. The first-order chi connectivity index (χ1) is 13.4. The molecule has 28 heavy (non-hydrogen) atoms. The van der Waals surface area contributed by atoms with Crippen LogP contribution in [0.4, 0.5) is 17.2 Å². The van der Waals surface area contributed by atoms with E-state index in [1.165, 1.54) is 5.56 Å². The summed E-state index contributed by atoms with van der Waals surface area (Å²) in [4.78, 5) is 21.9. The third kappa shape index (κ3) is 3.78. The largest absolute Gasteiger partial charge is 0.466 e. The number of fused-ring (bicyclic) bond motifs is 3. The van der Waals surface area contributed by atoms with Gasteiger partial charge in [-0.15, -0.1) is 0 Å². The number of hydrogen-bond acceptors (Lipinski definition) is 6. The summed E-state index contributed by atoms with van der Waals surface area (Å²) in [5.41, 5.74) is 10.6. The van der Waals surface area contributed by atoms with Gasteiger partial charge >= 0.3 is 5.97 Å². The lowest BCUT2D eigenvalue weighted by molar-refractivity contribution is -0.143. The van der Waals surface area contributed by atoms with Crippen LogP contribution in [-0.2, 0) is 22.5 Å². The lowest BCUT2D eigenvalue weighted by atomic mass is 9.99. The van der Waals surface area contributed by atoms with Crippen molar-refractivity contribution in [3.8, 4) is 0 Å². The number of quaternary nitrogens is 1. The van der Waals surface area contributed by atoms with Crippen molar-refractivity contribution in [2.75, 3.05) is 32.0 Å². The summed E-state index contributed by atoms with van der Waals surface area (Å²) in [6.07, 6.45) is 3.12. The maximum Gasteiger partial charge on any atom is 0.311 e. The Labute approximate surface area is 168 Å². The highest BCUT2D eigenvalue weighted by Crippen LogP contribution is 2.49. The second-order valence-corrected chi connectivity index (χ2v) is 8.15. The molecule has 2 aliphatic rings. The molecule has 0 amide bonds. The first-order valence-corrected chi connectivity index (χ1v) is 10.6. The second-order valence-electron chi connectivity index (χ2n) is 8.15. The van der Waals surface area contributed by atoms with Crippen LogP contribution >= 0.6 is 0 Å². The van der Waals surface area contributed by atoms with Crippen LogP contribution in [0.25, 0.3) is 0 Å². The van der Waals surface area contributed by atoms with Crippen molar-refractivity contribution in [2.24, 2.45) is 10.9 Å². The van der Waals surface area contributed by atoms with E-state index in [9.17, 15) is 4.79 Å². The third-order valence-corrected chi connectivity index (χ3v) is 5.51. The van der Waals surface area contributed by atoms with Gasteiger partial charge in [0, 0.05) is 31.8 Å². The molecule has 1 aromatic heterocycles. The second kappa shape index (κ2) is 8.57. The Morgan fingerprint density at radius 3 is 2.82 bits per heavy atom. The molecule has 3 heterocycles. The molecule has 0 aromatic carbocycles. The molecule has 154 valence electrons. The minimum atomic E-state index is -0.151. The number of aliphatic imine (C=N–C) groups is 1. The highest BCUT2D eigenvalue weighted by atomic mass is 16.5. The number of anilines is 1. The summed E-state index contributed by atoms with van der Waals surface area (Å²) in [5, 5.41) is 3.48. The van der Waals surface area contributed by atoms with Crippen LogP contribution in [-0.4, -0.2) is 43.0 Å². The number of hydrogen-bond donors (Lipinski definition) is 2. The Morgan fingerprint density at radius 2 is 2.14 bits per heavy atom. The Morgan fingerprint density at radius 1 is 1.36 bits per heavy atom. The van der Waals surface area contributed by atoms with Gasteiger partial charge in [-0.05, 0) is 13.3 Å². The molecule has 0 fully saturated rings. The van der Waals surface area contributed by atoms with Crippen LogP contribution in [0.1, 0.15) is 58.2 Å². The van der Waals surface area contributed by atoms with Crippen molar-refractivity contribution in [3.63, 3.8) is 0 Å². The van der Waals surface area contributed by atoms with E-state index in [4.69, 9.17) is 15.5 Å². The normalized spacial score (nSPS) is 20.7. The van der Waals surface area contributed by atoms with Gasteiger partial charge in [0.15, 0.2) is 17.2 Å². The fourth-order valence-corrected chi connectivity index (χ4v) is 4.57. The molecule has 3 rings (SSSR count). The molecule has 0 spiro atoms. The Kier molecular flexibility index (Phi) is 6.35. The summed E-state index contributed by atoms with van der Waals surface area (Å²) in [6.45, 7) is 12.1. The highest BCUT2D eigenvalue weighted by molar-refractivity contribution is 6.06. The first-order valence-electron chi connectivity index (χ1n) is 10.6. The van der Waals surface area contributed by atoms with Gasteiger partial charge in [-0.25, -0.2) is 9.47 Å². The first kappa shape index (κ1) is 20.7. The summed E-state index contributed by atoms with van der Waals surface area (Å²) < 4.78 is 5.84. The molecule has 2 aliphatic heterocycles. The summed E-state index contributed by atoms with van der Waals surface area (Å²) >= 11 is 0. The maximum absolute atomic E-state index is 12.2. The van der Waals surface area contributed by atoms with Crippen LogP contribution in [0.3, 0.4) is 0 Å². The summed E-state index contributed by atoms with van der Waals surface area (Å²) in [5.74, 6) is 1.91. The van der Waals surface area contributed by atoms with E-state index in [-0.39, 0.29) is 5.97 Å². The zero-order valence-corrected chi connectivity index (χ0v) is 17.7. The van der Waals surface area contributed by atoms with Crippen LogP contribution in [0, 0.1) is 5.92 Å². The van der Waals surface area contributed by atoms with Crippen molar-refractivity contribution >= 4 is 29.0 Å². The van der Waals surface area contributed by atoms with E-state index in [2.05, 4.69) is 31.1 Å². The fourth-order valence-electron chi connectivity index (χ4n) is 4.57. The molecule has 1 atom stereocenters. The molecule has 7 nitrogen and oxygen atoms in total. The number of carbonyl (C=O) groups is 1. The van der Waals surface area contributed by atoms with Crippen molar-refractivity contribution in [1.29, 1.82) is 0 Å². The average Bonchev–Trinajstić information content (AvgIpc) is 2.95. The molecule has 0 saturated heterocycles. The van der Waals surface area contributed by atoms with E-state index in [0.717, 1.165) is 61.8 Å². The quantitative estimate of drug-likeness (QED) is 0.528. The summed E-state index contributed by atoms with van der Waals surface area (Å²) in [7, 11) is 0. The number of pyridine rings is 1. The van der Waals surface area contributed by atoms with Gasteiger partial charge in [0.1, 0.15) is 0 Å². The van der Waals surface area contributed by atoms with E-state index in [1.54, 1.807) is 0 Å². The lowest BCUT2D eigenvalue weighted by Gasteiger charge is -2.38. The number of ether oxygens (including phenoxy) is 1. The van der Waals surface area contributed by atoms with Crippen molar-refractivity contribution < 1.29 is 9.53 Å². The number of esters is 1. The number of nitrogens with zero attached hydrogens (tertiary/aromatic N) is 3. The van der Waals surface area contributed by atoms with Gasteiger partial charge in [0.2, 0.25) is 5.84 Å². The standard InChI is InChI=1S/C21H34N5O2/c1-5-7-17-25-19-20(15-12-23-10-8-16(15)24-21(19)22)26(17,13-14(3)4)11-9-18(27)28-6-2/h14,23H,5-13H2,1-4H3,(H2,22,24)/q+1. The Hall–Kier alpha value is -1.99. The molecule has 7 heteroatoms. The smallest absolute Gasteiger partial charge is 0.311 e. The summed E-state index contributed by atoms with van der Waals surface area (Å²) in [6, 6.07) is 0. The van der Waals surface area contributed by atoms with Gasteiger partial charge in [-0.3, -0.25) is 4.79 Å². The van der Waals surface area contributed by atoms with E-state index in [1.807, 2.05) is 6.92 Å². The van der Waals surface area contributed by atoms with E-state index >= 15 is 0 Å². The minimum Gasteiger partial charge on any atom is -0.466 e. The predicted molar refractivity (Wildman–Crippen MR) is 114 cm³/mol. The highest BCUT2D eigenvalue weighted by Gasteiger charge is 2.47. The number of aromatic nitrogens is 1. The van der Waals surface area contributed by atoms with Gasteiger partial charge in [-0.1, -0.05) is 20.8 Å². The van der Waals surface area contributed by atoms with Crippen LogP contribution in [0.15, 0.2) is 4.99 Å². The number of nitrogens with two attached hydrogens (primary N) is 1. The zero-order valence-electron chi connectivity index (χ0n) is 17.7. The maximum atomic E-state index is 12.2. The molecule has 3 N–H and O–H groups in total. The SMILES string of the molecule is CCCC1=Nc2c(N)nc3c(c2[N+]1(CCC(=O)OCC)CC(C)C)CNCC3. The van der Waals surface area contributed by atoms with Crippen molar-refractivity contribution in [3.05, 3.63) is 11.3 Å². The lowest BCUT2D eigenvalue weighted by Crippen LogP contribution is -2.56. The molecule has 0 aliphatic carbocycles. The monoisotopic (exact) mass is 388 g/mol. The van der Waals surface area contributed by atoms with Crippen LogP contribution in [0.2, 0.25) is 0 Å². The topological polar surface area (TPSA) is 89.6 Å². The van der Waals surface area contributed by atoms with Crippen molar-refractivity contribution in [2.45, 2.75) is 59.9 Å². The number of amidine groups is 1. The molecular weight excluding hydrogens is 354 g/mol. The average molecular weight is 389 g/mol. The van der Waals surface area contributed by atoms with Crippen LogP contribution in [0.5, 0.6) is 0 Å². The Bertz CT molecular complexity index is 775. The minimum absolute atomic E-state index is 0.151. The Balaban J connectivity index is 2.14. The third-order valence-electron chi connectivity index (χ3n) is 5.51. The number of rotatable bonds is 8. The predicted octanol–water partition coefficient (Wildman–Crippen LogP) is 3.07. The molecule has 0 bridgehead atoms. The van der Waals surface area contributed by atoms with Gasteiger partial charge in [0.05, 0.1) is 37.4 Å². The molecule has 1 aromatic rings. The molecule has 1 unspecified atom stereocenters. The van der Waals surface area contributed by atoms with Crippen molar-refractivity contribution in [1.82, 2.24) is 14.8 Å². The zero-order chi connectivity index (χ0) is 20.3.